The number of rotatable bonds is 5. The van der Waals surface area contributed by atoms with Crippen molar-refractivity contribution in [1.29, 1.82) is 0 Å². The van der Waals surface area contributed by atoms with Crippen LogP contribution in [0.1, 0.15) is 54.6 Å². The maximum atomic E-state index is 12.4. The van der Waals surface area contributed by atoms with E-state index >= 15 is 0 Å². The van der Waals surface area contributed by atoms with Crippen molar-refractivity contribution in [3.63, 3.8) is 0 Å². The first-order valence-electron chi connectivity index (χ1n) is 9.70. The van der Waals surface area contributed by atoms with Gasteiger partial charge in [-0.25, -0.2) is 5.43 Å². The Balaban J connectivity index is 1.86. The highest BCUT2D eigenvalue weighted by Gasteiger charge is 2.34. The molecule has 0 radical (unpaired) electrons. The zero-order chi connectivity index (χ0) is 21.2. The maximum Gasteiger partial charge on any atom is 0.275 e. The maximum absolute atomic E-state index is 12.4. The molecule has 0 aliphatic carbocycles. The molecule has 1 atom stereocenters. The number of hydrogen-bond acceptors (Lipinski definition) is 5. The summed E-state index contributed by atoms with van der Waals surface area (Å²) < 4.78 is 10.8. The molecule has 2 aromatic rings. The molecule has 0 fully saturated rings. The molecule has 0 saturated heterocycles. The lowest BCUT2D eigenvalue weighted by atomic mass is 9.80. The van der Waals surface area contributed by atoms with Gasteiger partial charge in [-0.2, -0.15) is 5.10 Å². The van der Waals surface area contributed by atoms with Gasteiger partial charge >= 0.3 is 0 Å². The van der Waals surface area contributed by atoms with Crippen molar-refractivity contribution < 1.29 is 14.3 Å². The van der Waals surface area contributed by atoms with E-state index in [0.29, 0.717) is 17.2 Å². The normalized spacial score (nSPS) is 17.7. The fourth-order valence-corrected chi connectivity index (χ4v) is 3.94. The summed E-state index contributed by atoms with van der Waals surface area (Å²) in [7, 11) is 5.29. The van der Waals surface area contributed by atoms with Crippen LogP contribution in [0.4, 0.5) is 5.69 Å². The number of ether oxygens (including phenoxy) is 2. The zero-order valence-electron chi connectivity index (χ0n) is 17.9. The van der Waals surface area contributed by atoms with Crippen LogP contribution in [0.25, 0.3) is 0 Å². The van der Waals surface area contributed by atoms with Crippen LogP contribution in [0.5, 0.6) is 11.5 Å². The van der Waals surface area contributed by atoms with Crippen LogP contribution in [-0.4, -0.2) is 38.9 Å². The van der Waals surface area contributed by atoms with E-state index in [1.54, 1.807) is 31.5 Å². The third kappa shape index (κ3) is 4.06. The first kappa shape index (κ1) is 20.7. The van der Waals surface area contributed by atoms with Crippen LogP contribution in [0.15, 0.2) is 41.5 Å². The number of carbonyl (C=O) groups is 1. The molecule has 1 heterocycles. The van der Waals surface area contributed by atoms with Crippen LogP contribution in [0, 0.1) is 0 Å². The third-order valence-electron chi connectivity index (χ3n) is 5.71. The summed E-state index contributed by atoms with van der Waals surface area (Å²) in [5.74, 6) is 1.31. The SMILES string of the molecule is COc1cc2c(cc1/C=N\NC(=O)c1ccccc1OC)C(C)CC(C)(C)N2C. The molecule has 1 aliphatic heterocycles. The molecule has 29 heavy (non-hydrogen) atoms. The molecular formula is C23H29N3O3. The number of carbonyl (C=O) groups excluding carboxylic acids is 1. The van der Waals surface area contributed by atoms with Crippen LogP contribution in [-0.2, 0) is 0 Å². The first-order valence-corrected chi connectivity index (χ1v) is 9.70. The Morgan fingerprint density at radius 3 is 2.59 bits per heavy atom. The monoisotopic (exact) mass is 395 g/mol. The minimum atomic E-state index is -0.328. The number of fused-ring (bicyclic) bond motifs is 1. The van der Waals surface area contributed by atoms with Gasteiger partial charge in [0.1, 0.15) is 11.5 Å². The second-order valence-electron chi connectivity index (χ2n) is 8.03. The predicted molar refractivity (Wildman–Crippen MR) is 117 cm³/mol. The molecular weight excluding hydrogens is 366 g/mol. The van der Waals surface area contributed by atoms with Gasteiger partial charge in [-0.15, -0.1) is 0 Å². The molecule has 1 aliphatic rings. The number of para-hydroxylation sites is 1. The summed E-state index contributed by atoms with van der Waals surface area (Å²) in [6.45, 7) is 6.74. The second-order valence-corrected chi connectivity index (χ2v) is 8.03. The van der Waals surface area contributed by atoms with Crippen molar-refractivity contribution in [2.24, 2.45) is 5.10 Å². The molecule has 2 aromatic carbocycles. The highest BCUT2D eigenvalue weighted by molar-refractivity contribution is 5.97. The summed E-state index contributed by atoms with van der Waals surface area (Å²) in [4.78, 5) is 14.7. The number of amides is 1. The van der Waals surface area contributed by atoms with Crippen LogP contribution in [0.2, 0.25) is 0 Å². The van der Waals surface area contributed by atoms with Gasteiger partial charge in [0.15, 0.2) is 0 Å². The van der Waals surface area contributed by atoms with E-state index in [-0.39, 0.29) is 11.4 Å². The molecule has 0 aromatic heterocycles. The Hall–Kier alpha value is -3.02. The summed E-state index contributed by atoms with van der Waals surface area (Å²) in [5.41, 5.74) is 6.33. The Morgan fingerprint density at radius 1 is 1.21 bits per heavy atom. The van der Waals surface area contributed by atoms with Gasteiger partial charge < -0.3 is 14.4 Å². The van der Waals surface area contributed by atoms with Crippen LogP contribution in [0.3, 0.4) is 0 Å². The Labute approximate surface area is 172 Å². The highest BCUT2D eigenvalue weighted by Crippen LogP contribution is 2.44. The summed E-state index contributed by atoms with van der Waals surface area (Å²) >= 11 is 0. The third-order valence-corrected chi connectivity index (χ3v) is 5.71. The molecule has 0 bridgehead atoms. The van der Waals surface area contributed by atoms with E-state index < -0.39 is 0 Å². The van der Waals surface area contributed by atoms with Gasteiger partial charge in [-0.3, -0.25) is 4.79 Å². The fraction of sp³-hybridized carbons (Fsp3) is 0.391. The van der Waals surface area contributed by atoms with E-state index in [4.69, 9.17) is 9.47 Å². The number of hydrogen-bond donors (Lipinski definition) is 1. The Kier molecular flexibility index (Phi) is 5.82. The highest BCUT2D eigenvalue weighted by atomic mass is 16.5. The summed E-state index contributed by atoms with van der Waals surface area (Å²) in [6.07, 6.45) is 2.68. The summed E-state index contributed by atoms with van der Waals surface area (Å²) in [6, 6.07) is 11.2. The van der Waals surface area contributed by atoms with Crippen molar-refractivity contribution in [2.45, 2.75) is 38.6 Å². The number of benzene rings is 2. The number of nitrogens with one attached hydrogen (secondary N) is 1. The molecule has 1 N–H and O–H groups in total. The fourth-order valence-electron chi connectivity index (χ4n) is 3.94. The van der Waals surface area contributed by atoms with E-state index in [1.165, 1.54) is 18.4 Å². The zero-order valence-corrected chi connectivity index (χ0v) is 17.9. The number of hydrazone groups is 1. The van der Waals surface area contributed by atoms with E-state index in [9.17, 15) is 4.79 Å². The van der Waals surface area contributed by atoms with Gasteiger partial charge in [0.2, 0.25) is 0 Å². The largest absolute Gasteiger partial charge is 0.496 e. The molecule has 1 amide bonds. The van der Waals surface area contributed by atoms with Gasteiger partial charge in [0.05, 0.1) is 26.0 Å². The van der Waals surface area contributed by atoms with E-state index in [2.05, 4.69) is 55.4 Å². The van der Waals surface area contributed by atoms with Crippen molar-refractivity contribution >= 4 is 17.8 Å². The molecule has 1 unspecified atom stereocenters. The average Bonchev–Trinajstić information content (AvgIpc) is 2.71. The van der Waals surface area contributed by atoms with Crippen LogP contribution >= 0.6 is 0 Å². The average molecular weight is 396 g/mol. The van der Waals surface area contributed by atoms with Crippen molar-refractivity contribution in [3.05, 3.63) is 53.1 Å². The van der Waals surface area contributed by atoms with Gasteiger partial charge in [-0.05, 0) is 49.9 Å². The Bertz CT molecular complexity index is 937. The van der Waals surface area contributed by atoms with E-state index in [0.717, 1.165) is 17.7 Å². The topological polar surface area (TPSA) is 63.2 Å². The molecule has 0 saturated carbocycles. The standard InChI is InChI=1S/C23H29N3O3/c1-15-13-23(2,3)26(4)19-12-21(29-6)16(11-18(15)19)14-24-25-22(27)17-9-7-8-10-20(17)28-5/h7-12,14-15H,13H2,1-6H3,(H,25,27)/b24-14-. The predicted octanol–water partition coefficient (Wildman–Crippen LogP) is 4.19. The molecule has 0 spiro atoms. The lowest BCUT2D eigenvalue weighted by Gasteiger charge is -2.45. The van der Waals surface area contributed by atoms with Gasteiger partial charge in [0, 0.05) is 29.9 Å². The minimum absolute atomic E-state index is 0.0791. The summed E-state index contributed by atoms with van der Waals surface area (Å²) in [5, 5.41) is 4.15. The van der Waals surface area contributed by atoms with Crippen LogP contribution < -0.4 is 19.8 Å². The minimum Gasteiger partial charge on any atom is -0.496 e. The lowest BCUT2D eigenvalue weighted by molar-refractivity contribution is 0.0952. The molecule has 3 rings (SSSR count). The van der Waals surface area contributed by atoms with Crippen molar-refractivity contribution in [2.75, 3.05) is 26.2 Å². The number of nitrogens with zero attached hydrogens (tertiary/aromatic N) is 2. The Morgan fingerprint density at radius 2 is 1.90 bits per heavy atom. The first-order chi connectivity index (χ1) is 13.8. The van der Waals surface area contributed by atoms with E-state index in [1.807, 2.05) is 6.07 Å². The quantitative estimate of drug-likeness (QED) is 0.609. The molecule has 154 valence electrons. The molecule has 6 nitrogen and oxygen atoms in total. The van der Waals surface area contributed by atoms with Crippen molar-refractivity contribution in [1.82, 2.24) is 5.43 Å². The van der Waals surface area contributed by atoms with Gasteiger partial charge in [0.25, 0.3) is 5.91 Å². The van der Waals surface area contributed by atoms with Crippen molar-refractivity contribution in [3.8, 4) is 11.5 Å². The molecule has 6 heteroatoms. The van der Waals surface area contributed by atoms with Gasteiger partial charge in [-0.1, -0.05) is 19.1 Å². The number of anilines is 1. The second kappa shape index (κ2) is 8.15. The number of methoxy groups -OCH3 is 2. The lowest BCUT2D eigenvalue weighted by Crippen LogP contribution is -2.45. The smallest absolute Gasteiger partial charge is 0.275 e.